The molecule has 0 aliphatic carbocycles. The first-order chi connectivity index (χ1) is 18.1. The molecular formula is C34H63LiN2O2. The van der Waals surface area contributed by atoms with E-state index in [0.717, 1.165) is 83.6 Å². The molecule has 0 rings (SSSR count). The summed E-state index contributed by atoms with van der Waals surface area (Å²) in [5.74, 6) is 0. The SMILES string of the molecule is C=CC(=C)CC/C=C(\C)COCCCN(C)C.[CH2-]/C(=C/CCCCC)CC/C=C(\C)COCCCN(C)C.[Li+]. The number of hydrogen-bond acceptors (Lipinski definition) is 4. The van der Waals surface area contributed by atoms with E-state index < -0.39 is 0 Å². The van der Waals surface area contributed by atoms with E-state index in [2.05, 4.69) is 97.1 Å². The maximum atomic E-state index is 5.67. The maximum absolute atomic E-state index is 5.67. The van der Waals surface area contributed by atoms with Crippen molar-refractivity contribution in [2.24, 2.45) is 0 Å². The van der Waals surface area contributed by atoms with Crippen molar-refractivity contribution in [3.05, 3.63) is 66.7 Å². The van der Waals surface area contributed by atoms with Crippen LogP contribution in [0.5, 0.6) is 0 Å². The molecule has 39 heavy (non-hydrogen) atoms. The number of unbranched alkanes of at least 4 members (excludes halogenated alkanes) is 3. The van der Waals surface area contributed by atoms with Gasteiger partial charge in [0.05, 0.1) is 13.2 Å². The second-order valence-corrected chi connectivity index (χ2v) is 10.8. The molecule has 0 saturated heterocycles. The van der Waals surface area contributed by atoms with Crippen LogP contribution in [0, 0.1) is 6.92 Å². The van der Waals surface area contributed by atoms with Crippen molar-refractivity contribution < 1.29 is 28.3 Å². The topological polar surface area (TPSA) is 24.9 Å². The van der Waals surface area contributed by atoms with E-state index in [1.807, 2.05) is 6.08 Å². The van der Waals surface area contributed by atoms with E-state index in [1.165, 1.54) is 42.4 Å². The minimum Gasteiger partial charge on any atom is -0.377 e. The van der Waals surface area contributed by atoms with Crippen molar-refractivity contribution in [1.82, 2.24) is 9.80 Å². The van der Waals surface area contributed by atoms with Gasteiger partial charge in [-0.2, -0.15) is 0 Å². The van der Waals surface area contributed by atoms with E-state index in [9.17, 15) is 0 Å². The van der Waals surface area contributed by atoms with Gasteiger partial charge in [0.25, 0.3) is 0 Å². The zero-order valence-electron chi connectivity index (χ0n) is 27.5. The quantitative estimate of drug-likeness (QED) is 0.0568. The van der Waals surface area contributed by atoms with E-state index >= 15 is 0 Å². The van der Waals surface area contributed by atoms with E-state index in [4.69, 9.17) is 9.47 Å². The fraction of sp³-hybridized carbons (Fsp3) is 0.676. The van der Waals surface area contributed by atoms with Gasteiger partial charge in [-0.25, -0.2) is 18.6 Å². The van der Waals surface area contributed by atoms with Gasteiger partial charge in [-0.1, -0.05) is 80.7 Å². The van der Waals surface area contributed by atoms with E-state index in [1.54, 1.807) is 0 Å². The molecular weight excluding hydrogens is 475 g/mol. The summed E-state index contributed by atoms with van der Waals surface area (Å²) in [5.41, 5.74) is 5.01. The Kier molecular flexibility index (Phi) is 34.3. The number of rotatable bonds is 23. The Morgan fingerprint density at radius 3 is 1.67 bits per heavy atom. The van der Waals surface area contributed by atoms with Crippen LogP contribution < -0.4 is 18.9 Å². The van der Waals surface area contributed by atoms with Gasteiger partial charge in [0, 0.05) is 13.2 Å². The molecule has 222 valence electrons. The average molecular weight is 539 g/mol. The first-order valence-electron chi connectivity index (χ1n) is 14.7. The van der Waals surface area contributed by atoms with Crippen LogP contribution in [0.4, 0.5) is 0 Å². The molecule has 0 aromatic heterocycles. The minimum absolute atomic E-state index is 0. The van der Waals surface area contributed by atoms with Gasteiger partial charge < -0.3 is 19.3 Å². The van der Waals surface area contributed by atoms with E-state index in [0.29, 0.717) is 0 Å². The largest absolute Gasteiger partial charge is 1.00 e. The standard InChI is InChI=1S/C19H36NO.C15H27NO.Li/c1-6-7-8-9-12-18(2)13-10-14-19(3)17-21-16-11-15-20(4)5;1-6-14(2)9-7-10-15(3)13-17-12-8-11-16(4)5;/h12,14H,2,6-11,13,15-17H2,1,3-5H3;6,10H,1-2,7-9,11-13H2,3-5H3;/q-1;;+1/b18-12-,19-14+;15-10+;. The van der Waals surface area contributed by atoms with Crippen molar-refractivity contribution in [2.75, 3.05) is 67.7 Å². The summed E-state index contributed by atoms with van der Waals surface area (Å²) in [4.78, 5) is 4.36. The molecule has 0 amide bonds. The van der Waals surface area contributed by atoms with Crippen LogP contribution in [0.3, 0.4) is 0 Å². The fourth-order valence-electron chi connectivity index (χ4n) is 3.46. The molecule has 0 saturated carbocycles. The molecule has 0 bridgehead atoms. The summed E-state index contributed by atoms with van der Waals surface area (Å²) in [6, 6.07) is 0. The Morgan fingerprint density at radius 2 is 1.23 bits per heavy atom. The molecule has 0 fully saturated rings. The molecule has 0 spiro atoms. The number of ether oxygens (including phenoxy) is 2. The van der Waals surface area contributed by atoms with Gasteiger partial charge >= 0.3 is 18.9 Å². The Morgan fingerprint density at radius 1 is 0.744 bits per heavy atom. The Bertz CT molecular complexity index is 666. The predicted molar refractivity (Wildman–Crippen MR) is 171 cm³/mol. The Balaban J connectivity index is -0.000000662. The molecule has 0 aromatic carbocycles. The second kappa shape index (κ2) is 31.5. The van der Waals surface area contributed by atoms with Crippen molar-refractivity contribution in [1.29, 1.82) is 0 Å². The molecule has 0 N–H and O–H groups in total. The van der Waals surface area contributed by atoms with Crippen LogP contribution in [-0.4, -0.2) is 77.5 Å². The summed E-state index contributed by atoms with van der Waals surface area (Å²) >= 11 is 0. The number of nitrogens with zero attached hydrogens (tertiary/aromatic N) is 2. The Labute approximate surface area is 256 Å². The van der Waals surface area contributed by atoms with Crippen LogP contribution >= 0.6 is 0 Å². The molecule has 0 aromatic rings. The van der Waals surface area contributed by atoms with Gasteiger partial charge in [-0.15, -0.1) is 6.42 Å². The zero-order valence-corrected chi connectivity index (χ0v) is 27.5. The predicted octanol–water partition coefficient (Wildman–Crippen LogP) is 5.45. The van der Waals surface area contributed by atoms with Gasteiger partial charge in [-0.05, 0) is 87.2 Å². The molecule has 0 atom stereocenters. The second-order valence-electron chi connectivity index (χ2n) is 10.8. The van der Waals surface area contributed by atoms with Gasteiger partial charge in [0.2, 0.25) is 0 Å². The third-order valence-corrected chi connectivity index (χ3v) is 5.89. The normalized spacial score (nSPS) is 12.3. The van der Waals surface area contributed by atoms with Crippen molar-refractivity contribution >= 4 is 0 Å². The van der Waals surface area contributed by atoms with Crippen LogP contribution in [-0.2, 0) is 9.47 Å². The Hall–Kier alpha value is -0.993. The van der Waals surface area contributed by atoms with Crippen LogP contribution in [0.1, 0.15) is 85.0 Å². The number of hydrogen-bond donors (Lipinski definition) is 0. The fourth-order valence-corrected chi connectivity index (χ4v) is 3.46. The van der Waals surface area contributed by atoms with Crippen LogP contribution in [0.15, 0.2) is 59.8 Å². The summed E-state index contributed by atoms with van der Waals surface area (Å²) < 4.78 is 11.3. The summed E-state index contributed by atoms with van der Waals surface area (Å²) in [6.07, 6.45) is 20.1. The maximum Gasteiger partial charge on any atom is 1.00 e. The van der Waals surface area contributed by atoms with Gasteiger partial charge in [0.15, 0.2) is 0 Å². The molecule has 0 unspecified atom stereocenters. The van der Waals surface area contributed by atoms with Crippen molar-refractivity contribution in [2.45, 2.75) is 85.0 Å². The average Bonchev–Trinajstić information content (AvgIpc) is 2.86. The van der Waals surface area contributed by atoms with Crippen LogP contribution in [0.2, 0.25) is 0 Å². The van der Waals surface area contributed by atoms with Gasteiger partial charge in [0.1, 0.15) is 0 Å². The molecule has 0 aliphatic rings. The van der Waals surface area contributed by atoms with E-state index in [-0.39, 0.29) is 18.9 Å². The summed E-state index contributed by atoms with van der Waals surface area (Å²) in [6.45, 7) is 23.6. The van der Waals surface area contributed by atoms with Crippen molar-refractivity contribution in [3.63, 3.8) is 0 Å². The third-order valence-electron chi connectivity index (χ3n) is 5.89. The molecule has 0 radical (unpaired) electrons. The zero-order chi connectivity index (χ0) is 29.0. The minimum atomic E-state index is 0. The van der Waals surface area contributed by atoms with Crippen molar-refractivity contribution in [3.8, 4) is 0 Å². The smallest absolute Gasteiger partial charge is 0.377 e. The molecule has 5 heteroatoms. The first kappa shape index (κ1) is 42.5. The van der Waals surface area contributed by atoms with Gasteiger partial charge in [-0.3, -0.25) is 0 Å². The first-order valence-corrected chi connectivity index (χ1v) is 14.7. The number of allylic oxidation sites excluding steroid dienone is 6. The summed E-state index contributed by atoms with van der Waals surface area (Å²) in [7, 11) is 8.35. The molecule has 4 nitrogen and oxygen atoms in total. The van der Waals surface area contributed by atoms with Crippen LogP contribution in [0.25, 0.3) is 0 Å². The molecule has 0 heterocycles. The summed E-state index contributed by atoms with van der Waals surface area (Å²) in [5, 5.41) is 0. The third kappa shape index (κ3) is 37.0. The monoisotopic (exact) mass is 539 g/mol. The molecule has 0 aliphatic heterocycles.